The number of rotatable bonds is 7. The van der Waals surface area contributed by atoms with E-state index in [1.807, 2.05) is 6.92 Å². The van der Waals surface area contributed by atoms with Gasteiger partial charge in [-0.2, -0.15) is 0 Å². The number of likely N-dealkylation sites (N-methyl/N-ethyl adjacent to an activating group) is 1. The lowest BCUT2D eigenvalue weighted by Crippen LogP contribution is -2.43. The van der Waals surface area contributed by atoms with E-state index < -0.39 is 6.04 Å². The van der Waals surface area contributed by atoms with Crippen molar-refractivity contribution in [3.05, 3.63) is 0 Å². The van der Waals surface area contributed by atoms with Crippen LogP contribution in [0.1, 0.15) is 27.7 Å². The van der Waals surface area contributed by atoms with Gasteiger partial charge in [-0.15, -0.1) is 0 Å². The maximum Gasteiger partial charge on any atom is 0.323 e. The van der Waals surface area contributed by atoms with E-state index in [4.69, 9.17) is 9.47 Å². The Morgan fingerprint density at radius 2 is 1.69 bits per heavy atom. The van der Waals surface area contributed by atoms with Crippen molar-refractivity contribution in [2.75, 3.05) is 26.3 Å². The SMILES string of the molecule is CCOC(=O)CN(CC)[C@@H](C)C(=O)OCC. The molecule has 0 aliphatic rings. The summed E-state index contributed by atoms with van der Waals surface area (Å²) in [5, 5.41) is 0. The van der Waals surface area contributed by atoms with Gasteiger partial charge in [0.15, 0.2) is 0 Å². The van der Waals surface area contributed by atoms with Crippen LogP contribution in [0.15, 0.2) is 0 Å². The lowest BCUT2D eigenvalue weighted by Gasteiger charge is -2.24. The van der Waals surface area contributed by atoms with Crippen molar-refractivity contribution >= 4 is 11.9 Å². The first-order valence-corrected chi connectivity index (χ1v) is 5.63. The summed E-state index contributed by atoms with van der Waals surface area (Å²) in [5.74, 6) is -0.630. The van der Waals surface area contributed by atoms with Crippen LogP contribution in [0.2, 0.25) is 0 Å². The van der Waals surface area contributed by atoms with Crippen LogP contribution in [-0.4, -0.2) is 49.2 Å². The molecule has 0 fully saturated rings. The summed E-state index contributed by atoms with van der Waals surface area (Å²) in [7, 11) is 0. The van der Waals surface area contributed by atoms with Crippen molar-refractivity contribution < 1.29 is 19.1 Å². The molecule has 0 bridgehead atoms. The van der Waals surface area contributed by atoms with Gasteiger partial charge in [-0.25, -0.2) is 0 Å². The summed E-state index contributed by atoms with van der Waals surface area (Å²) in [5.41, 5.74) is 0. The van der Waals surface area contributed by atoms with Gasteiger partial charge in [-0.1, -0.05) is 6.92 Å². The lowest BCUT2D eigenvalue weighted by molar-refractivity contribution is -0.152. The highest BCUT2D eigenvalue weighted by molar-refractivity contribution is 5.77. The summed E-state index contributed by atoms with van der Waals surface area (Å²) in [6.07, 6.45) is 0. The van der Waals surface area contributed by atoms with E-state index in [1.54, 1.807) is 25.7 Å². The molecule has 94 valence electrons. The van der Waals surface area contributed by atoms with Crippen LogP contribution in [-0.2, 0) is 19.1 Å². The van der Waals surface area contributed by atoms with E-state index in [0.717, 1.165) is 0 Å². The fourth-order valence-electron chi connectivity index (χ4n) is 1.31. The third-order valence-corrected chi connectivity index (χ3v) is 2.22. The van der Waals surface area contributed by atoms with Gasteiger partial charge in [0.2, 0.25) is 0 Å². The first-order chi connectivity index (χ1) is 7.56. The molecule has 0 heterocycles. The van der Waals surface area contributed by atoms with Gasteiger partial charge < -0.3 is 9.47 Å². The normalized spacial score (nSPS) is 12.3. The molecule has 0 N–H and O–H groups in total. The molecule has 0 unspecified atom stereocenters. The molecule has 0 aromatic heterocycles. The molecule has 5 nitrogen and oxygen atoms in total. The van der Waals surface area contributed by atoms with Gasteiger partial charge in [0.25, 0.3) is 0 Å². The number of ether oxygens (including phenoxy) is 2. The van der Waals surface area contributed by atoms with E-state index in [9.17, 15) is 9.59 Å². The molecular weight excluding hydrogens is 210 g/mol. The van der Waals surface area contributed by atoms with Gasteiger partial charge in [0.1, 0.15) is 6.04 Å². The van der Waals surface area contributed by atoms with Crippen molar-refractivity contribution in [2.24, 2.45) is 0 Å². The molecule has 0 saturated heterocycles. The van der Waals surface area contributed by atoms with E-state index >= 15 is 0 Å². The highest BCUT2D eigenvalue weighted by Crippen LogP contribution is 2.02. The quantitative estimate of drug-likeness (QED) is 0.607. The van der Waals surface area contributed by atoms with Crippen LogP contribution in [0.5, 0.6) is 0 Å². The highest BCUT2D eigenvalue weighted by Gasteiger charge is 2.23. The molecule has 5 heteroatoms. The molecule has 0 aliphatic carbocycles. The molecule has 0 aromatic carbocycles. The van der Waals surface area contributed by atoms with Crippen LogP contribution in [0.4, 0.5) is 0 Å². The topological polar surface area (TPSA) is 55.8 Å². The number of carbonyl (C=O) groups excluding carboxylic acids is 2. The number of esters is 2. The van der Waals surface area contributed by atoms with Crippen molar-refractivity contribution in [2.45, 2.75) is 33.7 Å². The van der Waals surface area contributed by atoms with Crippen LogP contribution in [0, 0.1) is 0 Å². The van der Waals surface area contributed by atoms with Crippen LogP contribution < -0.4 is 0 Å². The van der Waals surface area contributed by atoms with E-state index in [2.05, 4.69) is 0 Å². The van der Waals surface area contributed by atoms with Gasteiger partial charge in [0, 0.05) is 0 Å². The second-order valence-electron chi connectivity index (χ2n) is 3.30. The Balaban J connectivity index is 4.25. The van der Waals surface area contributed by atoms with Crippen LogP contribution in [0.3, 0.4) is 0 Å². The fraction of sp³-hybridized carbons (Fsp3) is 0.818. The summed E-state index contributed by atoms with van der Waals surface area (Å²) in [6.45, 7) is 8.53. The van der Waals surface area contributed by atoms with Gasteiger partial charge in [0.05, 0.1) is 19.8 Å². The van der Waals surface area contributed by atoms with E-state index in [-0.39, 0.29) is 18.5 Å². The minimum atomic E-state index is -0.422. The molecular formula is C11H21NO4. The number of hydrogen-bond donors (Lipinski definition) is 0. The van der Waals surface area contributed by atoms with E-state index in [1.165, 1.54) is 0 Å². The average molecular weight is 231 g/mol. The second kappa shape index (κ2) is 8.10. The predicted octanol–water partition coefficient (Wildman–Crippen LogP) is 0.823. The van der Waals surface area contributed by atoms with Crippen molar-refractivity contribution in [1.29, 1.82) is 0 Å². The molecule has 1 atom stereocenters. The standard InChI is InChI=1S/C11H21NO4/c1-5-12(8-10(13)15-6-2)9(4)11(14)16-7-3/h9H,5-8H2,1-4H3/t9-/m0/s1. The summed E-state index contributed by atoms with van der Waals surface area (Å²) in [6, 6.07) is -0.422. The monoisotopic (exact) mass is 231 g/mol. The minimum Gasteiger partial charge on any atom is -0.465 e. The minimum absolute atomic E-state index is 0.115. The van der Waals surface area contributed by atoms with Gasteiger partial charge in [-0.05, 0) is 27.3 Å². The maximum atomic E-state index is 11.5. The zero-order valence-electron chi connectivity index (χ0n) is 10.5. The van der Waals surface area contributed by atoms with Crippen LogP contribution >= 0.6 is 0 Å². The van der Waals surface area contributed by atoms with E-state index in [0.29, 0.717) is 19.8 Å². The highest BCUT2D eigenvalue weighted by atomic mass is 16.5. The van der Waals surface area contributed by atoms with Crippen molar-refractivity contribution in [1.82, 2.24) is 4.90 Å². The molecule has 0 radical (unpaired) electrons. The molecule has 0 rings (SSSR count). The predicted molar refractivity (Wildman–Crippen MR) is 60.0 cm³/mol. The van der Waals surface area contributed by atoms with Gasteiger partial charge >= 0.3 is 11.9 Å². The summed E-state index contributed by atoms with van der Waals surface area (Å²) >= 11 is 0. The number of nitrogens with zero attached hydrogens (tertiary/aromatic N) is 1. The maximum absolute atomic E-state index is 11.5. The lowest BCUT2D eigenvalue weighted by atomic mass is 10.3. The number of hydrogen-bond acceptors (Lipinski definition) is 5. The van der Waals surface area contributed by atoms with Gasteiger partial charge in [-0.3, -0.25) is 14.5 Å². The summed E-state index contributed by atoms with van der Waals surface area (Å²) < 4.78 is 9.73. The molecule has 0 saturated carbocycles. The van der Waals surface area contributed by atoms with Crippen molar-refractivity contribution in [3.63, 3.8) is 0 Å². The van der Waals surface area contributed by atoms with Crippen LogP contribution in [0.25, 0.3) is 0 Å². The Labute approximate surface area is 96.7 Å². The Kier molecular flexibility index (Phi) is 7.54. The number of carbonyl (C=O) groups is 2. The molecule has 0 amide bonds. The first-order valence-electron chi connectivity index (χ1n) is 5.63. The summed E-state index contributed by atoms with van der Waals surface area (Å²) in [4.78, 5) is 24.5. The third-order valence-electron chi connectivity index (χ3n) is 2.22. The smallest absolute Gasteiger partial charge is 0.323 e. The zero-order chi connectivity index (χ0) is 12.6. The largest absolute Gasteiger partial charge is 0.465 e. The fourth-order valence-corrected chi connectivity index (χ4v) is 1.31. The van der Waals surface area contributed by atoms with Crippen molar-refractivity contribution in [3.8, 4) is 0 Å². The molecule has 0 aliphatic heterocycles. The third kappa shape index (κ3) is 5.11. The molecule has 16 heavy (non-hydrogen) atoms. The average Bonchev–Trinajstić information content (AvgIpc) is 2.25. The Morgan fingerprint density at radius 3 is 2.12 bits per heavy atom. The Hall–Kier alpha value is -1.10. The first kappa shape index (κ1) is 14.9. The molecule has 0 aromatic rings. The zero-order valence-corrected chi connectivity index (χ0v) is 10.5. The second-order valence-corrected chi connectivity index (χ2v) is 3.30. The Bertz CT molecular complexity index is 230. The Morgan fingerprint density at radius 1 is 1.12 bits per heavy atom. The molecule has 0 spiro atoms.